The Kier molecular flexibility index (Phi) is 21.7. The number of cyclic esters (lactones) is 2. The molecule has 0 unspecified atom stereocenters. The van der Waals surface area contributed by atoms with E-state index in [1.54, 1.807) is 20.8 Å². The molecule has 254 valence electrons. The largest absolute Gasteiger partial charge is 0.480 e. The molecule has 0 aliphatic carbocycles. The highest BCUT2D eigenvalue weighted by Crippen LogP contribution is 2.21. The van der Waals surface area contributed by atoms with Crippen molar-refractivity contribution in [2.45, 2.75) is 64.6 Å². The van der Waals surface area contributed by atoms with Gasteiger partial charge < -0.3 is 19.3 Å². The number of aliphatic carboxylic acids is 1. The quantitative estimate of drug-likeness (QED) is 0.116. The van der Waals surface area contributed by atoms with Gasteiger partial charge in [-0.15, -0.1) is 12.4 Å². The maximum Gasteiger partial charge on any atom is 0.419 e. The van der Waals surface area contributed by atoms with Crippen LogP contribution in [0.2, 0.25) is 0 Å². The number of nitrogens with zero attached hydrogens (tertiary/aromatic N) is 1. The standard InChI is InChI=1S/C16H19NO5.C14H19NO4.CCl2O.ClH/c1-3-21-15(19)13(10-9-12-7-5-4-6-8-12)17-11(2)14(18)22-16(17)20;1-2-19-14(18)12(15-10-13(16)17)9-8-11-6-4-3-5-7-11;2-1(3)4;/h4-8,11,13H,3,9-10H2,1-2H3;3-7,12,15H,2,8-10H2,1H3,(H,16,17);;1H/t11-,13-;12-;;/m00../s1. The lowest BCUT2D eigenvalue weighted by Crippen LogP contribution is -2.47. The van der Waals surface area contributed by atoms with E-state index in [0.29, 0.717) is 25.7 Å². The van der Waals surface area contributed by atoms with Crippen LogP contribution >= 0.6 is 35.6 Å². The number of hydrogen-bond donors (Lipinski definition) is 2. The summed E-state index contributed by atoms with van der Waals surface area (Å²) >= 11 is 8.80. The van der Waals surface area contributed by atoms with Crippen molar-refractivity contribution in [2.75, 3.05) is 19.8 Å². The van der Waals surface area contributed by atoms with E-state index in [-0.39, 0.29) is 32.2 Å². The average Bonchev–Trinajstić information content (AvgIpc) is 3.25. The minimum atomic E-state index is -0.992. The molecule has 1 fully saturated rings. The zero-order chi connectivity index (χ0) is 33.8. The number of carboxylic acids is 1. The lowest BCUT2D eigenvalue weighted by atomic mass is 10.0. The fourth-order valence-corrected chi connectivity index (χ4v) is 4.16. The van der Waals surface area contributed by atoms with Gasteiger partial charge >= 0.3 is 34.7 Å². The van der Waals surface area contributed by atoms with Crippen LogP contribution in [0.4, 0.5) is 9.59 Å². The van der Waals surface area contributed by atoms with Crippen LogP contribution in [0.1, 0.15) is 44.7 Å². The van der Waals surface area contributed by atoms with Gasteiger partial charge in [-0.3, -0.25) is 24.6 Å². The molecular formula is C31H39Cl3N2O10. The number of amides is 1. The molecule has 1 amide bonds. The van der Waals surface area contributed by atoms with E-state index in [2.05, 4.69) is 33.3 Å². The number of ether oxygens (including phenoxy) is 3. The predicted octanol–water partition coefficient (Wildman–Crippen LogP) is 5.15. The molecule has 2 aromatic carbocycles. The zero-order valence-corrected chi connectivity index (χ0v) is 28.0. The number of carbonyl (C=O) groups excluding carboxylic acids is 5. The lowest BCUT2D eigenvalue weighted by Gasteiger charge is -2.26. The number of carbonyl (C=O) groups is 6. The third-order valence-electron chi connectivity index (χ3n) is 6.24. The molecule has 1 heterocycles. The molecule has 1 saturated heterocycles. The second-order valence-corrected chi connectivity index (χ2v) is 10.3. The number of hydrogen-bond acceptors (Lipinski definition) is 10. The predicted molar refractivity (Wildman–Crippen MR) is 173 cm³/mol. The first kappa shape index (κ1) is 42.3. The van der Waals surface area contributed by atoms with Crippen LogP contribution < -0.4 is 5.32 Å². The van der Waals surface area contributed by atoms with Crippen LogP contribution in [-0.4, -0.2) is 82.6 Å². The van der Waals surface area contributed by atoms with E-state index < -0.39 is 52.8 Å². The number of nitrogens with one attached hydrogen (secondary N) is 1. The number of esters is 3. The molecule has 1 aliphatic heterocycles. The number of rotatable bonds is 14. The maximum absolute atomic E-state index is 12.2. The Bertz CT molecular complexity index is 1250. The minimum absolute atomic E-state index is 0. The number of aryl methyl sites for hydroxylation is 2. The molecule has 15 heteroatoms. The van der Waals surface area contributed by atoms with Gasteiger partial charge in [-0.2, -0.15) is 0 Å². The van der Waals surface area contributed by atoms with Crippen molar-refractivity contribution in [2.24, 2.45) is 0 Å². The van der Waals surface area contributed by atoms with Crippen LogP contribution in [0, 0.1) is 0 Å². The number of benzene rings is 2. The summed E-state index contributed by atoms with van der Waals surface area (Å²) in [6, 6.07) is 17.1. The van der Waals surface area contributed by atoms with E-state index in [1.165, 1.54) is 4.90 Å². The maximum atomic E-state index is 12.2. The molecule has 0 spiro atoms. The zero-order valence-electron chi connectivity index (χ0n) is 25.7. The highest BCUT2D eigenvalue weighted by Gasteiger charge is 2.45. The second kappa shape index (κ2) is 23.6. The third-order valence-corrected chi connectivity index (χ3v) is 6.24. The molecule has 0 radical (unpaired) electrons. The van der Waals surface area contributed by atoms with Crippen molar-refractivity contribution in [3.05, 3.63) is 71.8 Å². The van der Waals surface area contributed by atoms with Crippen LogP contribution in [0.3, 0.4) is 0 Å². The Morgan fingerprint density at radius 1 is 0.870 bits per heavy atom. The van der Waals surface area contributed by atoms with Gasteiger partial charge in [0.15, 0.2) is 0 Å². The molecule has 3 atom stereocenters. The monoisotopic (exact) mass is 704 g/mol. The third kappa shape index (κ3) is 16.6. The average molecular weight is 706 g/mol. The molecule has 3 rings (SSSR count). The topological polar surface area (TPSA) is 166 Å². The summed E-state index contributed by atoms with van der Waals surface area (Å²) in [6.45, 7) is 5.22. The normalized spacial score (nSPS) is 14.5. The van der Waals surface area contributed by atoms with E-state index in [1.807, 2.05) is 60.7 Å². The summed E-state index contributed by atoms with van der Waals surface area (Å²) in [5, 5.41) is 11.3. The van der Waals surface area contributed by atoms with E-state index in [9.17, 15) is 24.0 Å². The van der Waals surface area contributed by atoms with Crippen molar-refractivity contribution in [3.63, 3.8) is 0 Å². The summed E-state index contributed by atoms with van der Waals surface area (Å²) in [6.07, 6.45) is 1.38. The molecule has 12 nitrogen and oxygen atoms in total. The highest BCUT2D eigenvalue weighted by molar-refractivity contribution is 6.93. The molecule has 2 N–H and O–H groups in total. The van der Waals surface area contributed by atoms with E-state index in [0.717, 1.165) is 11.1 Å². The lowest BCUT2D eigenvalue weighted by molar-refractivity contribution is -0.149. The van der Waals surface area contributed by atoms with Crippen molar-refractivity contribution in [1.82, 2.24) is 10.2 Å². The van der Waals surface area contributed by atoms with Gasteiger partial charge in [-0.25, -0.2) is 14.4 Å². The molecule has 46 heavy (non-hydrogen) atoms. The molecule has 1 aliphatic rings. The SMILES string of the molecule is CCOC(=O)[C@H](CCc1ccccc1)N1C(=O)OC(=O)[C@@H]1C.CCOC(=O)[C@H](CCc1ccccc1)NCC(=O)O.Cl.O=C(Cl)Cl. The number of carboxylic acid groups (broad SMARTS) is 1. The Labute approximate surface area is 284 Å². The molecule has 0 bridgehead atoms. The molecule has 0 aromatic heterocycles. The fourth-order valence-electron chi connectivity index (χ4n) is 4.16. The van der Waals surface area contributed by atoms with Gasteiger partial charge in [0.25, 0.3) is 0 Å². The first-order chi connectivity index (χ1) is 21.4. The minimum Gasteiger partial charge on any atom is -0.480 e. The van der Waals surface area contributed by atoms with Crippen LogP contribution in [0.15, 0.2) is 60.7 Å². The first-order valence-corrected chi connectivity index (χ1v) is 14.9. The van der Waals surface area contributed by atoms with Gasteiger partial charge in [0.2, 0.25) is 0 Å². The summed E-state index contributed by atoms with van der Waals surface area (Å²) in [5.41, 5.74) is 2.15. The van der Waals surface area contributed by atoms with Crippen LogP contribution in [0.25, 0.3) is 0 Å². The van der Waals surface area contributed by atoms with Gasteiger partial charge in [-0.05, 0) is 80.8 Å². The van der Waals surface area contributed by atoms with Gasteiger partial charge in [-0.1, -0.05) is 60.7 Å². The Morgan fingerprint density at radius 2 is 1.33 bits per heavy atom. The summed E-state index contributed by atoms with van der Waals surface area (Å²) in [4.78, 5) is 67.9. The molecule has 2 aromatic rings. The molecule has 0 saturated carbocycles. The fraction of sp³-hybridized carbons (Fsp3) is 0.419. The van der Waals surface area contributed by atoms with Crippen molar-refractivity contribution < 1.29 is 48.1 Å². The van der Waals surface area contributed by atoms with E-state index >= 15 is 0 Å². The smallest absolute Gasteiger partial charge is 0.419 e. The summed E-state index contributed by atoms with van der Waals surface area (Å²) in [7, 11) is 0. The summed E-state index contributed by atoms with van der Waals surface area (Å²) < 4.78 is 13.7. The van der Waals surface area contributed by atoms with Crippen LogP contribution in [0.5, 0.6) is 0 Å². The van der Waals surface area contributed by atoms with Crippen molar-refractivity contribution in [3.8, 4) is 0 Å². The van der Waals surface area contributed by atoms with Gasteiger partial charge in [0.05, 0.1) is 19.8 Å². The van der Waals surface area contributed by atoms with Gasteiger partial charge in [0, 0.05) is 0 Å². The highest BCUT2D eigenvalue weighted by atomic mass is 35.5. The Hall–Kier alpha value is -3.71. The number of halogens is 3. The van der Waals surface area contributed by atoms with Crippen LogP contribution in [-0.2, 0) is 46.2 Å². The first-order valence-electron chi connectivity index (χ1n) is 14.2. The Balaban J connectivity index is 0.000000780. The molecular weight excluding hydrogens is 667 g/mol. The van der Waals surface area contributed by atoms with Gasteiger partial charge in [0.1, 0.15) is 18.1 Å². The van der Waals surface area contributed by atoms with Crippen molar-refractivity contribution in [1.29, 1.82) is 0 Å². The Morgan fingerprint density at radius 3 is 1.74 bits per heavy atom. The second-order valence-electron chi connectivity index (χ2n) is 9.39. The van der Waals surface area contributed by atoms with Crippen molar-refractivity contribution >= 4 is 70.3 Å². The summed E-state index contributed by atoms with van der Waals surface area (Å²) in [5.74, 6) is -2.55. The van der Waals surface area contributed by atoms with E-state index in [4.69, 9.17) is 19.4 Å².